The third-order valence-electron chi connectivity index (χ3n) is 3.95. The number of nitrogens with zero attached hydrogens (tertiary/aromatic N) is 5. The molecule has 0 spiro atoms. The number of morpholine rings is 1. The summed E-state index contributed by atoms with van der Waals surface area (Å²) in [5, 5.41) is 28.1. The van der Waals surface area contributed by atoms with Crippen LogP contribution < -0.4 is 4.90 Å². The molecular formula is C15H19N5O4. The first kappa shape index (κ1) is 16.3. The van der Waals surface area contributed by atoms with Gasteiger partial charge in [-0.05, 0) is 18.6 Å². The Kier molecular flexibility index (Phi) is 4.72. The van der Waals surface area contributed by atoms with Crippen molar-refractivity contribution in [1.29, 1.82) is 0 Å². The van der Waals surface area contributed by atoms with Crippen LogP contribution in [0.25, 0.3) is 0 Å². The summed E-state index contributed by atoms with van der Waals surface area (Å²) in [7, 11) is 0. The minimum Gasteiger partial charge on any atom is -0.390 e. The molecule has 0 aliphatic carbocycles. The summed E-state index contributed by atoms with van der Waals surface area (Å²) >= 11 is 0. The second-order valence-electron chi connectivity index (χ2n) is 5.78. The van der Waals surface area contributed by atoms with Crippen molar-refractivity contribution in [3.63, 3.8) is 0 Å². The molecule has 0 saturated carbocycles. The quantitative estimate of drug-likeness (QED) is 0.639. The third-order valence-corrected chi connectivity index (χ3v) is 3.95. The number of ether oxygens (including phenoxy) is 1. The molecule has 9 heteroatoms. The van der Waals surface area contributed by atoms with Crippen LogP contribution in [-0.2, 0) is 17.9 Å². The van der Waals surface area contributed by atoms with Gasteiger partial charge < -0.3 is 14.7 Å². The van der Waals surface area contributed by atoms with Gasteiger partial charge in [-0.1, -0.05) is 11.3 Å². The first-order chi connectivity index (χ1) is 11.6. The predicted molar refractivity (Wildman–Crippen MR) is 85.7 cm³/mol. The Morgan fingerprint density at radius 3 is 3.04 bits per heavy atom. The van der Waals surface area contributed by atoms with E-state index in [1.54, 1.807) is 23.0 Å². The van der Waals surface area contributed by atoms with Gasteiger partial charge in [-0.2, -0.15) is 0 Å². The van der Waals surface area contributed by atoms with Crippen LogP contribution in [0.1, 0.15) is 11.3 Å². The molecule has 2 heterocycles. The highest BCUT2D eigenvalue weighted by Gasteiger charge is 2.26. The molecule has 3 rings (SSSR count). The maximum atomic E-state index is 11.3. The van der Waals surface area contributed by atoms with Gasteiger partial charge in [0.25, 0.3) is 5.69 Å². The SMILES string of the molecule is Cc1ccc([N+](=O)[O-])c(N2CCOC(Cn3cc(CO)nn3)C2)c1. The number of nitro benzene ring substituents is 1. The zero-order chi connectivity index (χ0) is 17.1. The highest BCUT2D eigenvalue weighted by atomic mass is 16.6. The Bertz CT molecular complexity index is 732. The summed E-state index contributed by atoms with van der Waals surface area (Å²) in [4.78, 5) is 12.9. The fourth-order valence-corrected chi connectivity index (χ4v) is 2.80. The minimum atomic E-state index is -0.357. The van der Waals surface area contributed by atoms with Crippen LogP contribution in [0.4, 0.5) is 11.4 Å². The van der Waals surface area contributed by atoms with E-state index in [2.05, 4.69) is 10.3 Å². The molecule has 1 saturated heterocycles. The fraction of sp³-hybridized carbons (Fsp3) is 0.467. The lowest BCUT2D eigenvalue weighted by Gasteiger charge is -2.34. The summed E-state index contributed by atoms with van der Waals surface area (Å²) in [5.41, 5.74) is 2.19. The molecule has 0 bridgehead atoms. The van der Waals surface area contributed by atoms with Gasteiger partial charge in [-0.25, -0.2) is 4.68 Å². The highest BCUT2D eigenvalue weighted by Crippen LogP contribution is 2.30. The molecular weight excluding hydrogens is 314 g/mol. The van der Waals surface area contributed by atoms with Gasteiger partial charge in [0.2, 0.25) is 0 Å². The van der Waals surface area contributed by atoms with Gasteiger partial charge in [-0.3, -0.25) is 10.1 Å². The molecule has 1 aliphatic heterocycles. The van der Waals surface area contributed by atoms with E-state index >= 15 is 0 Å². The van der Waals surface area contributed by atoms with Crippen LogP contribution in [0, 0.1) is 17.0 Å². The van der Waals surface area contributed by atoms with Gasteiger partial charge >= 0.3 is 0 Å². The second-order valence-corrected chi connectivity index (χ2v) is 5.78. The van der Waals surface area contributed by atoms with Crippen molar-refractivity contribution in [3.05, 3.63) is 45.8 Å². The Balaban J connectivity index is 1.76. The van der Waals surface area contributed by atoms with E-state index in [9.17, 15) is 10.1 Å². The van der Waals surface area contributed by atoms with Gasteiger partial charge in [0.1, 0.15) is 11.4 Å². The molecule has 128 valence electrons. The molecule has 9 nitrogen and oxygen atoms in total. The van der Waals surface area contributed by atoms with Crippen molar-refractivity contribution >= 4 is 11.4 Å². The number of hydrogen-bond donors (Lipinski definition) is 1. The minimum absolute atomic E-state index is 0.101. The van der Waals surface area contributed by atoms with Crippen molar-refractivity contribution in [3.8, 4) is 0 Å². The summed E-state index contributed by atoms with van der Waals surface area (Å²) < 4.78 is 7.36. The molecule has 1 aromatic heterocycles. The third kappa shape index (κ3) is 3.52. The number of nitro groups is 1. The molecule has 2 aromatic rings. The van der Waals surface area contributed by atoms with E-state index in [-0.39, 0.29) is 23.3 Å². The maximum Gasteiger partial charge on any atom is 0.292 e. The second kappa shape index (κ2) is 6.93. The molecule has 1 aromatic carbocycles. The van der Waals surface area contributed by atoms with Gasteiger partial charge in [0.05, 0.1) is 37.0 Å². The molecule has 24 heavy (non-hydrogen) atoms. The number of aliphatic hydroxyl groups excluding tert-OH is 1. The Morgan fingerprint density at radius 1 is 1.50 bits per heavy atom. The topological polar surface area (TPSA) is 107 Å². The number of aromatic nitrogens is 3. The molecule has 1 atom stereocenters. The predicted octanol–water partition coefficient (Wildman–Crippen LogP) is 0.892. The molecule has 1 fully saturated rings. The van der Waals surface area contributed by atoms with Crippen LogP contribution in [0.3, 0.4) is 0 Å². The van der Waals surface area contributed by atoms with Gasteiger partial charge in [0.15, 0.2) is 0 Å². The first-order valence-electron chi connectivity index (χ1n) is 7.68. The van der Waals surface area contributed by atoms with Gasteiger partial charge in [0, 0.05) is 19.2 Å². The molecule has 0 radical (unpaired) electrons. The fourth-order valence-electron chi connectivity index (χ4n) is 2.80. The Labute approximate surface area is 138 Å². The largest absolute Gasteiger partial charge is 0.390 e. The Hall–Kier alpha value is -2.52. The summed E-state index contributed by atoms with van der Waals surface area (Å²) in [6, 6.07) is 5.12. The Morgan fingerprint density at radius 2 is 2.33 bits per heavy atom. The van der Waals surface area contributed by atoms with E-state index in [1.807, 2.05) is 17.9 Å². The van der Waals surface area contributed by atoms with Crippen molar-refractivity contribution in [2.24, 2.45) is 0 Å². The van der Waals surface area contributed by atoms with Crippen molar-refractivity contribution in [2.75, 3.05) is 24.6 Å². The summed E-state index contributed by atoms with van der Waals surface area (Å²) in [6.45, 7) is 3.84. The number of aryl methyl sites for hydroxylation is 1. The summed E-state index contributed by atoms with van der Waals surface area (Å²) in [5.74, 6) is 0. The van der Waals surface area contributed by atoms with Crippen molar-refractivity contribution in [1.82, 2.24) is 15.0 Å². The maximum absolute atomic E-state index is 11.3. The lowest BCUT2D eigenvalue weighted by Crippen LogP contribution is -2.44. The molecule has 1 unspecified atom stereocenters. The van der Waals surface area contributed by atoms with Crippen LogP contribution in [0.15, 0.2) is 24.4 Å². The van der Waals surface area contributed by atoms with Crippen LogP contribution >= 0.6 is 0 Å². The average Bonchev–Trinajstić information content (AvgIpc) is 3.02. The first-order valence-corrected chi connectivity index (χ1v) is 7.68. The number of anilines is 1. The van der Waals surface area contributed by atoms with Gasteiger partial charge in [-0.15, -0.1) is 5.10 Å². The van der Waals surface area contributed by atoms with E-state index in [4.69, 9.17) is 9.84 Å². The molecule has 1 aliphatic rings. The lowest BCUT2D eigenvalue weighted by molar-refractivity contribution is -0.384. The smallest absolute Gasteiger partial charge is 0.292 e. The van der Waals surface area contributed by atoms with Crippen LogP contribution in [0.2, 0.25) is 0 Å². The molecule has 0 amide bonds. The zero-order valence-corrected chi connectivity index (χ0v) is 13.3. The normalized spacial score (nSPS) is 17.9. The van der Waals surface area contributed by atoms with Crippen molar-refractivity contribution < 1.29 is 14.8 Å². The summed E-state index contributed by atoms with van der Waals surface area (Å²) in [6.07, 6.45) is 1.50. The standard InChI is InChI=1S/C15H19N5O4/c1-11-2-3-14(20(22)23)15(6-11)18-4-5-24-13(8-18)9-19-7-12(10-21)16-17-19/h2-3,6-7,13,21H,4-5,8-10H2,1H3. The average molecular weight is 333 g/mol. The molecule has 1 N–H and O–H groups in total. The van der Waals surface area contributed by atoms with Crippen LogP contribution in [-0.4, -0.2) is 50.8 Å². The van der Waals surface area contributed by atoms with E-state index in [0.29, 0.717) is 37.6 Å². The van der Waals surface area contributed by atoms with E-state index < -0.39 is 0 Å². The van der Waals surface area contributed by atoms with Crippen molar-refractivity contribution in [2.45, 2.75) is 26.2 Å². The monoisotopic (exact) mass is 333 g/mol. The number of rotatable bonds is 5. The van der Waals surface area contributed by atoms with Crippen LogP contribution in [0.5, 0.6) is 0 Å². The highest BCUT2D eigenvalue weighted by molar-refractivity contribution is 5.64. The number of benzene rings is 1. The van der Waals surface area contributed by atoms with E-state index in [0.717, 1.165) is 5.56 Å². The number of aliphatic hydroxyl groups is 1. The van der Waals surface area contributed by atoms with E-state index in [1.165, 1.54) is 0 Å². The zero-order valence-electron chi connectivity index (χ0n) is 13.3. The number of hydrogen-bond acceptors (Lipinski definition) is 7. The lowest BCUT2D eigenvalue weighted by atomic mass is 10.1.